The van der Waals surface area contributed by atoms with Crippen LogP contribution in [0, 0.1) is 0 Å². The molecule has 0 aromatic rings. The van der Waals surface area contributed by atoms with Crippen LogP contribution in [0.5, 0.6) is 0 Å². The van der Waals surface area contributed by atoms with Crippen molar-refractivity contribution < 1.29 is 17.7 Å². The molecule has 0 aromatic heterocycles. The molecule has 0 amide bonds. The number of sulfonamides is 1. The van der Waals surface area contributed by atoms with Crippen molar-refractivity contribution in [3.63, 3.8) is 0 Å². The Morgan fingerprint density at radius 3 is 2.00 bits per heavy atom. The highest BCUT2D eigenvalue weighted by Gasteiger charge is 2.19. The third-order valence-electron chi connectivity index (χ3n) is 1.05. The van der Waals surface area contributed by atoms with Crippen molar-refractivity contribution in [3.05, 3.63) is 0 Å². The normalized spacial score (nSPS) is 15.7. The molecule has 0 rings (SSSR count). The van der Waals surface area contributed by atoms with Crippen molar-refractivity contribution in [1.29, 1.82) is 0 Å². The van der Waals surface area contributed by atoms with Crippen LogP contribution in [0.15, 0.2) is 3.77 Å². The minimum absolute atomic E-state index is 0.513. The average molecular weight is 215 g/mol. The Bertz CT molecular complexity index is 342. The second-order valence-corrected chi connectivity index (χ2v) is 7.56. The fraction of sp³-hybridized carbons (Fsp3) is 1.00. The van der Waals surface area contributed by atoms with Gasteiger partial charge in [-0.1, -0.05) is 0 Å². The monoisotopic (exact) mass is 215 g/mol. The molecule has 0 aliphatic rings. The van der Waals surface area contributed by atoms with Crippen LogP contribution < -0.4 is 0 Å². The Kier molecular flexibility index (Phi) is 3.67. The lowest BCUT2D eigenvalue weighted by Gasteiger charge is -2.04. The van der Waals surface area contributed by atoms with Gasteiger partial charge in [0.2, 0.25) is 0 Å². The van der Waals surface area contributed by atoms with E-state index in [0.717, 1.165) is 0 Å². The zero-order valence-electron chi connectivity index (χ0n) is 7.22. The summed E-state index contributed by atoms with van der Waals surface area (Å²) in [6, 6.07) is 0. The van der Waals surface area contributed by atoms with E-state index < -0.39 is 31.6 Å². The molecule has 0 aliphatic heterocycles. The van der Waals surface area contributed by atoms with Crippen molar-refractivity contribution in [1.82, 2.24) is 0 Å². The molecule has 0 saturated carbocycles. The summed E-state index contributed by atoms with van der Waals surface area (Å²) in [6.45, 7) is 0.797. The molecular formula is C5H13NO4S2. The quantitative estimate of drug-likeness (QED) is 0.683. The number of nitrogens with zero attached hydrogens (tertiary/aromatic N) is 1. The van der Waals surface area contributed by atoms with Gasteiger partial charge in [-0.3, -0.25) is 0 Å². The van der Waals surface area contributed by atoms with Gasteiger partial charge in [0, 0.05) is 12.5 Å². The first kappa shape index (κ1) is 11.9. The molecule has 0 radical (unpaired) electrons. The van der Waals surface area contributed by atoms with Crippen LogP contribution in [0.4, 0.5) is 0 Å². The van der Waals surface area contributed by atoms with E-state index in [1.54, 1.807) is 0 Å². The number of rotatable bonds is 3. The Balaban J connectivity index is 5.07. The molecule has 0 heterocycles. The van der Waals surface area contributed by atoms with Gasteiger partial charge in [0.25, 0.3) is 10.0 Å². The largest absolute Gasteiger partial charge is 0.395 e. The summed E-state index contributed by atoms with van der Waals surface area (Å²) in [5.41, 5.74) is 0. The summed E-state index contributed by atoms with van der Waals surface area (Å²) in [6.07, 6.45) is 2.46. The first-order valence-corrected chi connectivity index (χ1v) is 7.05. The van der Waals surface area contributed by atoms with Crippen LogP contribution in [0.2, 0.25) is 0 Å². The van der Waals surface area contributed by atoms with Gasteiger partial charge in [-0.15, -0.1) is 3.77 Å². The lowest BCUT2D eigenvalue weighted by atomic mass is 10.5. The van der Waals surface area contributed by atoms with Gasteiger partial charge in [0.15, 0.2) is 0 Å². The third-order valence-corrected chi connectivity index (χ3v) is 4.48. The van der Waals surface area contributed by atoms with E-state index in [-0.39, 0.29) is 0 Å². The zero-order chi connectivity index (χ0) is 9.99. The second kappa shape index (κ2) is 3.71. The predicted octanol–water partition coefficient (Wildman–Crippen LogP) is -0.575. The molecule has 1 atom stereocenters. The van der Waals surface area contributed by atoms with E-state index >= 15 is 0 Å². The Labute approximate surface area is 73.0 Å². The first-order valence-electron chi connectivity index (χ1n) is 3.22. The fourth-order valence-electron chi connectivity index (χ4n) is 0.418. The van der Waals surface area contributed by atoms with Gasteiger partial charge in [-0.05, 0) is 6.92 Å². The van der Waals surface area contributed by atoms with Crippen LogP contribution >= 0.6 is 0 Å². The van der Waals surface area contributed by atoms with Crippen molar-refractivity contribution in [2.75, 3.05) is 19.1 Å². The minimum Gasteiger partial charge on any atom is -0.395 e. The molecule has 0 spiro atoms. The molecule has 74 valence electrons. The summed E-state index contributed by atoms with van der Waals surface area (Å²) >= 11 is 0. The summed E-state index contributed by atoms with van der Waals surface area (Å²) in [5, 5.41) is 7.55. The van der Waals surface area contributed by atoms with Crippen LogP contribution in [0.1, 0.15) is 6.92 Å². The van der Waals surface area contributed by atoms with Crippen molar-refractivity contribution in [2.45, 2.75) is 12.2 Å². The van der Waals surface area contributed by atoms with E-state index in [4.69, 9.17) is 5.11 Å². The molecule has 12 heavy (non-hydrogen) atoms. The molecular weight excluding hydrogens is 202 g/mol. The van der Waals surface area contributed by atoms with Crippen LogP contribution in [-0.4, -0.2) is 42.1 Å². The summed E-state index contributed by atoms with van der Waals surface area (Å²) < 4.78 is 36.3. The van der Waals surface area contributed by atoms with Gasteiger partial charge in [0.05, 0.1) is 16.3 Å². The molecule has 0 fully saturated rings. The third kappa shape index (κ3) is 4.03. The van der Waals surface area contributed by atoms with Gasteiger partial charge in [-0.25, -0.2) is 12.6 Å². The Hall–Kier alpha value is -0.140. The zero-order valence-corrected chi connectivity index (χ0v) is 8.85. The number of hydrogen-bond donors (Lipinski definition) is 1. The van der Waals surface area contributed by atoms with Crippen molar-refractivity contribution in [3.8, 4) is 0 Å². The summed E-state index contributed by atoms with van der Waals surface area (Å²) in [7, 11) is -6.43. The van der Waals surface area contributed by atoms with Crippen LogP contribution in [0.25, 0.3) is 0 Å². The maximum Gasteiger partial charge on any atom is 0.265 e. The van der Waals surface area contributed by atoms with E-state index in [1.807, 2.05) is 0 Å². The van der Waals surface area contributed by atoms with Gasteiger partial charge in [-0.2, -0.15) is 0 Å². The molecule has 1 N–H and O–H groups in total. The van der Waals surface area contributed by atoms with Crippen LogP contribution in [-0.2, 0) is 19.8 Å². The van der Waals surface area contributed by atoms with E-state index in [0.29, 0.717) is 0 Å². The highest BCUT2D eigenvalue weighted by Crippen LogP contribution is 2.04. The first-order chi connectivity index (χ1) is 5.19. The minimum atomic E-state index is -3.77. The predicted molar refractivity (Wildman–Crippen MR) is 47.9 cm³/mol. The maximum atomic E-state index is 11.1. The van der Waals surface area contributed by atoms with Crippen molar-refractivity contribution in [2.24, 2.45) is 3.77 Å². The molecule has 5 nitrogen and oxygen atoms in total. The van der Waals surface area contributed by atoms with Crippen LogP contribution in [0.3, 0.4) is 0 Å². The second-order valence-electron chi connectivity index (χ2n) is 2.76. The molecule has 0 aliphatic carbocycles. The van der Waals surface area contributed by atoms with Crippen molar-refractivity contribution >= 4 is 19.8 Å². The van der Waals surface area contributed by atoms with E-state index in [2.05, 4.69) is 3.77 Å². The number of aliphatic hydroxyl groups is 1. The molecule has 0 bridgehead atoms. The molecule has 0 aromatic carbocycles. The highest BCUT2D eigenvalue weighted by molar-refractivity contribution is 8.02. The molecule has 1 unspecified atom stereocenters. The highest BCUT2D eigenvalue weighted by atomic mass is 32.3. The fourth-order valence-corrected chi connectivity index (χ4v) is 3.20. The average Bonchev–Trinajstić information content (AvgIpc) is 1.80. The Morgan fingerprint density at radius 1 is 1.33 bits per heavy atom. The van der Waals surface area contributed by atoms with Gasteiger partial charge < -0.3 is 5.11 Å². The molecule has 7 heteroatoms. The lowest BCUT2D eigenvalue weighted by Crippen LogP contribution is -2.20. The summed E-state index contributed by atoms with van der Waals surface area (Å²) in [4.78, 5) is 0. The standard InChI is InChI=1S/C5H13NO4S2/c1-5(4-7)12(9,10)6-11(2,3)8/h5,7H,4H2,1-3H3. The van der Waals surface area contributed by atoms with Gasteiger partial charge >= 0.3 is 0 Å². The smallest absolute Gasteiger partial charge is 0.265 e. The van der Waals surface area contributed by atoms with E-state index in [9.17, 15) is 12.6 Å². The topological polar surface area (TPSA) is 83.8 Å². The van der Waals surface area contributed by atoms with E-state index in [1.165, 1.54) is 19.4 Å². The maximum absolute atomic E-state index is 11.1. The number of aliphatic hydroxyl groups excluding tert-OH is 1. The number of hydrogen-bond acceptors (Lipinski definition) is 4. The van der Waals surface area contributed by atoms with Gasteiger partial charge in [0.1, 0.15) is 5.25 Å². The lowest BCUT2D eigenvalue weighted by molar-refractivity contribution is 0.295. The molecule has 0 saturated heterocycles. The Morgan fingerprint density at radius 2 is 1.75 bits per heavy atom. The summed E-state index contributed by atoms with van der Waals surface area (Å²) in [5.74, 6) is 0. The SMILES string of the molecule is CC(CO)S(=O)(=O)N=S(C)(C)=O.